The summed E-state index contributed by atoms with van der Waals surface area (Å²) < 4.78 is 0. The van der Waals surface area contributed by atoms with E-state index in [1.807, 2.05) is 6.07 Å². The van der Waals surface area contributed by atoms with Crippen molar-refractivity contribution in [3.8, 4) is 0 Å². The fraction of sp³-hybridized carbons (Fsp3) is 0.583. The van der Waals surface area contributed by atoms with Crippen LogP contribution in [-0.2, 0) is 0 Å². The molecule has 0 amide bonds. The highest BCUT2D eigenvalue weighted by Gasteiger charge is 2.15. The number of β-amino-alcohol motifs (C(OH)–C–C–N with tert-alkyl or cyclic N) is 1. The van der Waals surface area contributed by atoms with E-state index in [4.69, 9.17) is 10.8 Å². The number of aliphatic hydroxyl groups is 1. The third-order valence-electron chi connectivity index (χ3n) is 3.17. The lowest BCUT2D eigenvalue weighted by molar-refractivity contribution is 0.204. The topological polar surface area (TPSA) is 65.6 Å². The predicted molar refractivity (Wildman–Crippen MR) is 69.0 cm³/mol. The molecule has 5 nitrogen and oxygen atoms in total. The maximum atomic E-state index is 8.95. The third kappa shape index (κ3) is 3.08. The van der Waals surface area contributed by atoms with Crippen LogP contribution >= 0.6 is 0 Å². The number of anilines is 2. The fourth-order valence-corrected chi connectivity index (χ4v) is 2.26. The van der Waals surface area contributed by atoms with Gasteiger partial charge in [0.15, 0.2) is 0 Å². The lowest BCUT2D eigenvalue weighted by Gasteiger charge is -2.24. The minimum absolute atomic E-state index is 0.234. The zero-order chi connectivity index (χ0) is 12.1. The van der Waals surface area contributed by atoms with Crippen molar-refractivity contribution in [1.82, 2.24) is 9.88 Å². The summed E-state index contributed by atoms with van der Waals surface area (Å²) >= 11 is 0. The van der Waals surface area contributed by atoms with E-state index in [2.05, 4.69) is 14.8 Å². The van der Waals surface area contributed by atoms with Gasteiger partial charge in [-0.2, -0.15) is 0 Å². The molecule has 2 rings (SSSR count). The van der Waals surface area contributed by atoms with E-state index >= 15 is 0 Å². The Hall–Kier alpha value is -1.33. The van der Waals surface area contributed by atoms with Gasteiger partial charge in [0, 0.05) is 32.4 Å². The molecule has 3 N–H and O–H groups in total. The molecule has 94 valence electrons. The van der Waals surface area contributed by atoms with Crippen molar-refractivity contribution in [2.24, 2.45) is 0 Å². The molecule has 0 saturated carbocycles. The second-order valence-electron chi connectivity index (χ2n) is 4.34. The van der Waals surface area contributed by atoms with E-state index < -0.39 is 0 Å². The van der Waals surface area contributed by atoms with Crippen LogP contribution in [0, 0.1) is 0 Å². The molecule has 0 aliphatic carbocycles. The summed E-state index contributed by atoms with van der Waals surface area (Å²) in [4.78, 5) is 8.60. The minimum atomic E-state index is 0.234. The first-order valence-corrected chi connectivity index (χ1v) is 6.09. The van der Waals surface area contributed by atoms with E-state index in [0.717, 1.165) is 50.5 Å². The molecule has 0 aromatic carbocycles. The lowest BCUT2D eigenvalue weighted by atomic mass is 10.3. The number of aliphatic hydroxyl groups excluding tert-OH is 1. The molecule has 1 aliphatic rings. The normalized spacial score (nSPS) is 18.1. The highest BCUT2D eigenvalue weighted by molar-refractivity contribution is 5.65. The van der Waals surface area contributed by atoms with Gasteiger partial charge in [-0.15, -0.1) is 0 Å². The van der Waals surface area contributed by atoms with Crippen LogP contribution in [0.3, 0.4) is 0 Å². The number of aromatic nitrogens is 1. The van der Waals surface area contributed by atoms with Crippen molar-refractivity contribution >= 4 is 11.4 Å². The number of hydrogen-bond donors (Lipinski definition) is 2. The van der Waals surface area contributed by atoms with Crippen LogP contribution in [0.5, 0.6) is 0 Å². The van der Waals surface area contributed by atoms with Gasteiger partial charge in [-0.1, -0.05) is 0 Å². The Labute approximate surface area is 102 Å². The van der Waals surface area contributed by atoms with Gasteiger partial charge in [-0.25, -0.2) is 0 Å². The molecule has 17 heavy (non-hydrogen) atoms. The second kappa shape index (κ2) is 5.84. The highest BCUT2D eigenvalue weighted by atomic mass is 16.3. The molecule has 5 heteroatoms. The summed E-state index contributed by atoms with van der Waals surface area (Å²) in [5.41, 5.74) is 7.75. The van der Waals surface area contributed by atoms with Gasteiger partial charge in [0.2, 0.25) is 0 Å². The average molecular weight is 236 g/mol. The van der Waals surface area contributed by atoms with Gasteiger partial charge < -0.3 is 15.7 Å². The van der Waals surface area contributed by atoms with E-state index in [0.29, 0.717) is 0 Å². The molecule has 1 saturated heterocycles. The van der Waals surface area contributed by atoms with Gasteiger partial charge in [-0.05, 0) is 19.0 Å². The lowest BCUT2D eigenvalue weighted by Crippen LogP contribution is -2.32. The molecule has 0 unspecified atom stereocenters. The summed E-state index contributed by atoms with van der Waals surface area (Å²) in [6.07, 6.45) is 4.58. The van der Waals surface area contributed by atoms with E-state index in [1.54, 1.807) is 12.4 Å². The average Bonchev–Trinajstić information content (AvgIpc) is 2.56. The Morgan fingerprint density at radius 3 is 2.94 bits per heavy atom. The Bertz CT molecular complexity index is 358. The Morgan fingerprint density at radius 1 is 1.29 bits per heavy atom. The summed E-state index contributed by atoms with van der Waals surface area (Å²) in [7, 11) is 0. The Morgan fingerprint density at radius 2 is 2.18 bits per heavy atom. The van der Waals surface area contributed by atoms with Crippen LogP contribution in [0.4, 0.5) is 11.4 Å². The Kier molecular flexibility index (Phi) is 4.17. The van der Waals surface area contributed by atoms with Crippen molar-refractivity contribution in [2.75, 3.05) is 50.0 Å². The summed E-state index contributed by atoms with van der Waals surface area (Å²) in [5.74, 6) is 0. The van der Waals surface area contributed by atoms with Crippen LogP contribution in [0.2, 0.25) is 0 Å². The maximum Gasteiger partial charge on any atom is 0.0738 e. The van der Waals surface area contributed by atoms with Gasteiger partial charge >= 0.3 is 0 Å². The van der Waals surface area contributed by atoms with Crippen LogP contribution in [0.15, 0.2) is 18.5 Å². The largest absolute Gasteiger partial charge is 0.396 e. The van der Waals surface area contributed by atoms with Crippen molar-refractivity contribution in [3.05, 3.63) is 18.5 Å². The van der Waals surface area contributed by atoms with E-state index in [1.165, 1.54) is 0 Å². The summed E-state index contributed by atoms with van der Waals surface area (Å²) in [5, 5.41) is 8.95. The first-order valence-electron chi connectivity index (χ1n) is 6.09. The van der Waals surface area contributed by atoms with E-state index in [-0.39, 0.29) is 6.61 Å². The highest BCUT2D eigenvalue weighted by Crippen LogP contribution is 2.22. The minimum Gasteiger partial charge on any atom is -0.396 e. The molecule has 0 spiro atoms. The van der Waals surface area contributed by atoms with Crippen molar-refractivity contribution in [2.45, 2.75) is 6.42 Å². The number of pyridine rings is 1. The van der Waals surface area contributed by atoms with Crippen LogP contribution in [-0.4, -0.2) is 54.3 Å². The predicted octanol–water partition coefficient (Wildman–Crippen LogP) is 0.168. The van der Waals surface area contributed by atoms with Gasteiger partial charge in [0.25, 0.3) is 0 Å². The molecule has 1 aromatic heterocycles. The van der Waals surface area contributed by atoms with Gasteiger partial charge in [0.05, 0.1) is 24.2 Å². The third-order valence-corrected chi connectivity index (χ3v) is 3.17. The molecular weight excluding hydrogens is 216 g/mol. The maximum absolute atomic E-state index is 8.95. The standard InChI is InChI=1S/C12H20N4O/c13-11-10-14-3-2-12(11)16-5-1-4-15(6-7-16)8-9-17/h2-3,10,17H,1,4-9,13H2. The molecular formula is C12H20N4O. The zero-order valence-electron chi connectivity index (χ0n) is 10.0. The quantitative estimate of drug-likeness (QED) is 0.783. The zero-order valence-corrected chi connectivity index (χ0v) is 10.0. The van der Waals surface area contributed by atoms with Crippen molar-refractivity contribution in [1.29, 1.82) is 0 Å². The summed E-state index contributed by atoms with van der Waals surface area (Å²) in [6, 6.07) is 1.97. The molecule has 0 radical (unpaired) electrons. The number of nitrogen functional groups attached to an aromatic ring is 1. The number of hydrogen-bond acceptors (Lipinski definition) is 5. The number of rotatable bonds is 3. The monoisotopic (exact) mass is 236 g/mol. The molecule has 1 aromatic rings. The van der Waals surface area contributed by atoms with Crippen LogP contribution in [0.1, 0.15) is 6.42 Å². The van der Waals surface area contributed by atoms with Gasteiger partial charge in [0.1, 0.15) is 0 Å². The molecule has 1 aliphatic heterocycles. The second-order valence-corrected chi connectivity index (χ2v) is 4.34. The molecule has 2 heterocycles. The Balaban J connectivity index is 2.01. The number of nitrogens with two attached hydrogens (primary N) is 1. The van der Waals surface area contributed by atoms with E-state index in [9.17, 15) is 0 Å². The SMILES string of the molecule is Nc1cnccc1N1CCCN(CCO)CC1. The molecule has 1 fully saturated rings. The first-order chi connectivity index (χ1) is 8.31. The van der Waals surface area contributed by atoms with Gasteiger partial charge in [-0.3, -0.25) is 9.88 Å². The first kappa shape index (κ1) is 12.1. The van der Waals surface area contributed by atoms with Crippen LogP contribution < -0.4 is 10.6 Å². The van der Waals surface area contributed by atoms with Crippen molar-refractivity contribution < 1.29 is 5.11 Å². The fourth-order valence-electron chi connectivity index (χ4n) is 2.26. The molecule has 0 bridgehead atoms. The molecule has 0 atom stereocenters. The summed E-state index contributed by atoms with van der Waals surface area (Å²) in [6.45, 7) is 4.98. The number of nitrogens with zero attached hydrogens (tertiary/aromatic N) is 3. The van der Waals surface area contributed by atoms with Crippen LogP contribution in [0.25, 0.3) is 0 Å². The smallest absolute Gasteiger partial charge is 0.0738 e. The van der Waals surface area contributed by atoms with Crippen molar-refractivity contribution in [3.63, 3.8) is 0 Å².